The fourth-order valence-electron chi connectivity index (χ4n) is 2.97. The molecule has 0 amide bonds. The van der Waals surface area contributed by atoms with E-state index in [2.05, 4.69) is 16.5 Å². The van der Waals surface area contributed by atoms with Gasteiger partial charge in [-0.15, -0.1) is 0 Å². The van der Waals surface area contributed by atoms with Crippen LogP contribution >= 0.6 is 0 Å². The average Bonchev–Trinajstić information content (AvgIpc) is 2.74. The van der Waals surface area contributed by atoms with Crippen LogP contribution in [0.25, 0.3) is 0 Å². The molecule has 1 aliphatic carbocycles. The summed E-state index contributed by atoms with van der Waals surface area (Å²) in [6.07, 6.45) is 12.1. The van der Waals surface area contributed by atoms with Gasteiger partial charge in [-0.05, 0) is 58.4 Å². The van der Waals surface area contributed by atoms with Crippen LogP contribution in [0.15, 0.2) is 15.8 Å². The number of halogens is 1. The summed E-state index contributed by atoms with van der Waals surface area (Å²) >= 11 is 0. The van der Waals surface area contributed by atoms with Gasteiger partial charge in [-0.3, -0.25) is 9.59 Å². The molecule has 0 saturated heterocycles. The van der Waals surface area contributed by atoms with E-state index < -0.39 is 11.2 Å². The molecule has 10 heteroatoms. The maximum Gasteiger partial charge on any atom is 2.00 e. The zero-order valence-corrected chi connectivity index (χ0v) is 21.8. The van der Waals surface area contributed by atoms with Crippen molar-refractivity contribution in [1.29, 1.82) is 0 Å². The van der Waals surface area contributed by atoms with Gasteiger partial charge in [0, 0.05) is 6.61 Å². The van der Waals surface area contributed by atoms with Crippen molar-refractivity contribution in [3.8, 4) is 0 Å². The van der Waals surface area contributed by atoms with E-state index >= 15 is 0 Å². The maximum atomic E-state index is 11.5. The third-order valence-corrected chi connectivity index (χ3v) is 4.42. The number of unbranched alkanes of at least 4 members (excludes halogenated alkanes) is 3. The van der Waals surface area contributed by atoms with Gasteiger partial charge >= 0.3 is 21.1 Å². The molecule has 182 valence electrons. The molecule has 0 bridgehead atoms. The van der Waals surface area contributed by atoms with Crippen molar-refractivity contribution in [2.45, 2.75) is 71.3 Å². The Bertz CT molecular complexity index is 572. The van der Waals surface area contributed by atoms with E-state index in [1.54, 1.807) is 17.7 Å². The van der Waals surface area contributed by atoms with E-state index in [1.807, 2.05) is 0 Å². The van der Waals surface area contributed by atoms with Crippen LogP contribution in [0.1, 0.15) is 63.4 Å². The van der Waals surface area contributed by atoms with Crippen molar-refractivity contribution in [2.75, 3.05) is 27.2 Å². The van der Waals surface area contributed by atoms with Crippen molar-refractivity contribution in [1.82, 2.24) is 9.55 Å². The molecule has 1 aromatic rings. The van der Waals surface area contributed by atoms with Crippen LogP contribution in [0.3, 0.4) is 0 Å². The Kier molecular flexibility index (Phi) is 32.6. The summed E-state index contributed by atoms with van der Waals surface area (Å²) in [5.41, 5.74) is 14.0. The van der Waals surface area contributed by atoms with Gasteiger partial charge in [-0.25, -0.2) is 0 Å². The van der Waals surface area contributed by atoms with Crippen molar-refractivity contribution in [2.24, 2.45) is 23.1 Å². The molecule has 1 fully saturated rings. The third kappa shape index (κ3) is 18.3. The summed E-state index contributed by atoms with van der Waals surface area (Å²) in [6.45, 7) is 3.52. The second kappa shape index (κ2) is 26.5. The molecule has 30 heavy (non-hydrogen) atoms. The van der Waals surface area contributed by atoms with Crippen LogP contribution < -0.4 is 45.8 Å². The summed E-state index contributed by atoms with van der Waals surface area (Å²) in [7, 11) is 3.00. The van der Waals surface area contributed by atoms with E-state index in [0.717, 1.165) is 32.2 Å². The second-order valence-electron chi connectivity index (χ2n) is 6.59. The van der Waals surface area contributed by atoms with Gasteiger partial charge < -0.3 is 44.3 Å². The first-order valence-electron chi connectivity index (χ1n) is 10.3. The number of rotatable bonds is 7. The fraction of sp³-hybridized carbons (Fsp3) is 0.800. The van der Waals surface area contributed by atoms with Crippen LogP contribution in [-0.4, -0.2) is 36.9 Å². The molecule has 0 aromatic carbocycles. The van der Waals surface area contributed by atoms with E-state index in [4.69, 9.17) is 10.8 Å². The van der Waals surface area contributed by atoms with Crippen LogP contribution in [0.5, 0.6) is 0 Å². The topological polar surface area (TPSA) is 151 Å². The normalized spacial score (nSPS) is 12.4. The fourth-order valence-corrected chi connectivity index (χ4v) is 2.97. The van der Waals surface area contributed by atoms with Gasteiger partial charge in [-0.1, -0.05) is 51.1 Å². The summed E-state index contributed by atoms with van der Waals surface area (Å²) in [6, 6.07) is 0. The number of nitrogens with two attached hydrogens (primary N) is 3. The first-order chi connectivity index (χ1) is 13.6. The van der Waals surface area contributed by atoms with Gasteiger partial charge in [0.25, 0.3) is 0 Å². The second-order valence-corrected chi connectivity index (χ2v) is 6.59. The zero-order chi connectivity index (χ0) is 21.8. The Morgan fingerprint density at radius 3 is 2.07 bits per heavy atom. The van der Waals surface area contributed by atoms with Crippen molar-refractivity contribution < 1.29 is 38.6 Å². The van der Waals surface area contributed by atoms with Gasteiger partial charge in [0.05, 0.1) is 0 Å². The predicted octanol–water partition coefficient (Wildman–Crippen LogP) is -2.30. The van der Waals surface area contributed by atoms with E-state index in [9.17, 15) is 9.59 Å². The largest absolute Gasteiger partial charge is 2.00 e. The summed E-state index contributed by atoms with van der Waals surface area (Å²) in [4.78, 5) is 26.2. The Balaban J connectivity index is -0.000000209. The first-order valence-corrected chi connectivity index (χ1v) is 10.3. The molecule has 0 aliphatic heterocycles. The Labute approximate surface area is 202 Å². The molecule has 7 N–H and O–H groups in total. The van der Waals surface area contributed by atoms with Crippen molar-refractivity contribution in [3.05, 3.63) is 32.6 Å². The van der Waals surface area contributed by atoms with Crippen molar-refractivity contribution in [3.63, 3.8) is 0 Å². The number of nitrogens with zero attached hydrogens (tertiary/aromatic N) is 2. The molecular formula is C20H42ClN5O3Pt. The minimum atomic E-state index is -0.402. The number of aromatic nitrogens is 2. The number of hydrogen-bond donors (Lipinski definition) is 4. The number of aliphatic hydroxyl groups excluding tert-OH is 1. The Morgan fingerprint density at radius 2 is 1.57 bits per heavy atom. The minimum Gasteiger partial charge on any atom is -1.00 e. The molecule has 8 nitrogen and oxygen atoms in total. The Hall–Kier alpha value is -0.502. The summed E-state index contributed by atoms with van der Waals surface area (Å²) in [5, 5.41) is 8.33. The molecule has 1 aliphatic rings. The standard InChI is InChI=1S/C12H18N2O2.C6H15NO.2CH5N.ClH.Pt/c1-9-7-14(12(16)13-11(9)15)8-10-5-3-2-4-6-10;7-5-3-1-2-4-6-8;2*1-2;;/h7,10H,2-6,8H2,1H3,(H,13,15,16);8H,1-7H2;2*2H2,1H3;1H;/q;;;;;+2/p-2. The van der Waals surface area contributed by atoms with Crippen LogP contribution in [0.2, 0.25) is 0 Å². The quantitative estimate of drug-likeness (QED) is 0.248. The SMILES string of the molecule is CN.CN.Cc1cn(CC2CCCCC2)c(=O)[n-]c1=O.NCCCCCCO.[Cl-].[Pt+2]. The summed E-state index contributed by atoms with van der Waals surface area (Å²) < 4.78 is 1.59. The molecular weight excluding hydrogens is 589 g/mol. The molecule has 0 unspecified atom stereocenters. The predicted molar refractivity (Wildman–Crippen MR) is 116 cm³/mol. The molecule has 1 heterocycles. The zero-order valence-electron chi connectivity index (χ0n) is 18.7. The monoisotopic (exact) mass is 630 g/mol. The van der Waals surface area contributed by atoms with E-state index in [1.165, 1.54) is 46.2 Å². The smallest absolute Gasteiger partial charge is 1.00 e. The molecule has 0 spiro atoms. The molecule has 2 rings (SSSR count). The maximum absolute atomic E-state index is 11.5. The third-order valence-electron chi connectivity index (χ3n) is 4.42. The van der Waals surface area contributed by atoms with Gasteiger partial charge in [0.1, 0.15) is 0 Å². The first kappa shape index (κ1) is 36.8. The molecule has 0 radical (unpaired) electrons. The molecule has 1 saturated carbocycles. The Morgan fingerprint density at radius 1 is 1.03 bits per heavy atom. The molecule has 0 atom stereocenters. The number of aryl methyl sites for hydroxylation is 1. The number of aliphatic hydroxyl groups is 1. The van der Waals surface area contributed by atoms with Crippen molar-refractivity contribution >= 4 is 0 Å². The van der Waals surface area contributed by atoms with E-state index in [0.29, 0.717) is 24.6 Å². The number of hydrogen-bond acceptors (Lipinski definition) is 6. The summed E-state index contributed by atoms with van der Waals surface area (Å²) in [5.74, 6) is 0.574. The van der Waals surface area contributed by atoms with E-state index in [-0.39, 0.29) is 33.5 Å². The van der Waals surface area contributed by atoms with Gasteiger partial charge in [0.2, 0.25) is 0 Å². The van der Waals surface area contributed by atoms with Crippen LogP contribution in [-0.2, 0) is 27.6 Å². The minimum absolute atomic E-state index is 0. The van der Waals surface area contributed by atoms with Gasteiger partial charge in [-0.2, -0.15) is 0 Å². The van der Waals surface area contributed by atoms with Gasteiger partial charge in [0.15, 0.2) is 11.2 Å². The molecule has 1 aromatic heterocycles. The van der Waals surface area contributed by atoms with Crippen LogP contribution in [0, 0.1) is 12.8 Å². The van der Waals surface area contributed by atoms with Crippen LogP contribution in [0.4, 0.5) is 0 Å². The average molecular weight is 631 g/mol.